The SMILES string of the molecule is CN(C)C(=O)c1ccc(N2CCC(C3CCNCC3)CC2)cc1Cl. The highest BCUT2D eigenvalue weighted by molar-refractivity contribution is 6.34. The molecule has 1 aromatic carbocycles. The molecule has 132 valence electrons. The number of benzene rings is 1. The van der Waals surface area contributed by atoms with E-state index in [0.717, 1.165) is 30.6 Å². The predicted octanol–water partition coefficient (Wildman–Crippen LogP) is 3.26. The Morgan fingerprint density at radius 2 is 1.75 bits per heavy atom. The van der Waals surface area contributed by atoms with Gasteiger partial charge in [-0.2, -0.15) is 0 Å². The molecule has 0 spiro atoms. The third kappa shape index (κ3) is 3.86. The van der Waals surface area contributed by atoms with Crippen molar-refractivity contribution in [1.29, 1.82) is 0 Å². The standard InChI is InChI=1S/C19H28ClN3O/c1-22(2)19(24)17-4-3-16(13-18(17)20)23-11-7-15(8-12-23)14-5-9-21-10-6-14/h3-4,13-15,21H,5-12H2,1-2H3. The molecule has 5 heteroatoms. The molecule has 24 heavy (non-hydrogen) atoms. The van der Waals surface area contributed by atoms with Crippen LogP contribution in [-0.2, 0) is 0 Å². The zero-order chi connectivity index (χ0) is 17.1. The highest BCUT2D eigenvalue weighted by Gasteiger charge is 2.28. The summed E-state index contributed by atoms with van der Waals surface area (Å²) < 4.78 is 0. The van der Waals surface area contributed by atoms with Crippen LogP contribution >= 0.6 is 11.6 Å². The minimum absolute atomic E-state index is 0.0452. The molecule has 1 amide bonds. The van der Waals surface area contributed by atoms with E-state index in [1.54, 1.807) is 19.0 Å². The second kappa shape index (κ2) is 7.75. The van der Waals surface area contributed by atoms with E-state index in [4.69, 9.17) is 11.6 Å². The molecule has 3 rings (SSSR count). The Kier molecular flexibility index (Phi) is 5.67. The molecule has 2 heterocycles. The van der Waals surface area contributed by atoms with Crippen LogP contribution in [0.1, 0.15) is 36.0 Å². The molecule has 0 bridgehead atoms. The van der Waals surface area contributed by atoms with Gasteiger partial charge in [0.1, 0.15) is 0 Å². The zero-order valence-electron chi connectivity index (χ0n) is 14.7. The van der Waals surface area contributed by atoms with Gasteiger partial charge in [-0.05, 0) is 68.8 Å². The van der Waals surface area contributed by atoms with Crippen molar-refractivity contribution in [2.24, 2.45) is 11.8 Å². The number of piperidine rings is 2. The van der Waals surface area contributed by atoms with Crippen LogP contribution < -0.4 is 10.2 Å². The summed E-state index contributed by atoms with van der Waals surface area (Å²) in [7, 11) is 3.50. The van der Waals surface area contributed by atoms with Crippen molar-refractivity contribution in [3.05, 3.63) is 28.8 Å². The van der Waals surface area contributed by atoms with Crippen molar-refractivity contribution in [2.75, 3.05) is 45.2 Å². The van der Waals surface area contributed by atoms with Crippen LogP contribution in [0.3, 0.4) is 0 Å². The summed E-state index contributed by atoms with van der Waals surface area (Å²) in [4.78, 5) is 16.1. The van der Waals surface area contributed by atoms with E-state index in [9.17, 15) is 4.79 Å². The molecule has 2 aliphatic heterocycles. The lowest BCUT2D eigenvalue weighted by molar-refractivity contribution is 0.0828. The quantitative estimate of drug-likeness (QED) is 0.909. The minimum atomic E-state index is -0.0452. The van der Waals surface area contributed by atoms with E-state index in [1.807, 2.05) is 18.2 Å². The monoisotopic (exact) mass is 349 g/mol. The Morgan fingerprint density at radius 1 is 1.12 bits per heavy atom. The van der Waals surface area contributed by atoms with E-state index in [2.05, 4.69) is 10.2 Å². The molecule has 0 aromatic heterocycles. The van der Waals surface area contributed by atoms with Crippen molar-refractivity contribution in [1.82, 2.24) is 10.2 Å². The van der Waals surface area contributed by atoms with Gasteiger partial charge in [-0.25, -0.2) is 0 Å². The number of amides is 1. The van der Waals surface area contributed by atoms with Crippen molar-refractivity contribution >= 4 is 23.2 Å². The molecule has 2 aliphatic rings. The lowest BCUT2D eigenvalue weighted by Crippen LogP contribution is -2.39. The summed E-state index contributed by atoms with van der Waals surface area (Å²) in [5.74, 6) is 1.72. The van der Waals surface area contributed by atoms with Crippen molar-refractivity contribution in [3.8, 4) is 0 Å². The first-order valence-electron chi connectivity index (χ1n) is 9.03. The van der Waals surface area contributed by atoms with Gasteiger partial charge in [-0.3, -0.25) is 4.79 Å². The maximum absolute atomic E-state index is 12.1. The molecular weight excluding hydrogens is 322 g/mol. The third-order valence-electron chi connectivity index (χ3n) is 5.54. The predicted molar refractivity (Wildman–Crippen MR) is 100 cm³/mol. The maximum Gasteiger partial charge on any atom is 0.254 e. The fourth-order valence-electron chi connectivity index (χ4n) is 4.06. The van der Waals surface area contributed by atoms with Crippen LogP contribution in [0.25, 0.3) is 0 Å². The topological polar surface area (TPSA) is 35.6 Å². The molecule has 0 atom stereocenters. The van der Waals surface area contributed by atoms with E-state index < -0.39 is 0 Å². The van der Waals surface area contributed by atoms with Crippen LogP contribution in [-0.4, -0.2) is 51.1 Å². The number of carbonyl (C=O) groups excluding carboxylic acids is 1. The molecule has 0 aliphatic carbocycles. The average molecular weight is 350 g/mol. The van der Waals surface area contributed by atoms with Gasteiger partial charge in [0.05, 0.1) is 10.6 Å². The molecule has 0 saturated carbocycles. The number of nitrogens with zero attached hydrogens (tertiary/aromatic N) is 2. The molecule has 1 aromatic rings. The van der Waals surface area contributed by atoms with E-state index in [0.29, 0.717) is 10.6 Å². The van der Waals surface area contributed by atoms with Crippen LogP contribution in [0.2, 0.25) is 5.02 Å². The first kappa shape index (κ1) is 17.6. The molecule has 0 radical (unpaired) electrons. The Labute approximate surface area is 150 Å². The fourth-order valence-corrected chi connectivity index (χ4v) is 4.32. The van der Waals surface area contributed by atoms with E-state index >= 15 is 0 Å². The van der Waals surface area contributed by atoms with Gasteiger partial charge in [0.25, 0.3) is 5.91 Å². The Hall–Kier alpha value is -1.26. The van der Waals surface area contributed by atoms with Crippen molar-refractivity contribution < 1.29 is 4.79 Å². The van der Waals surface area contributed by atoms with E-state index in [1.165, 1.54) is 38.8 Å². The second-order valence-corrected chi connectivity index (χ2v) is 7.68. The van der Waals surface area contributed by atoms with Gasteiger partial charge in [0.15, 0.2) is 0 Å². The number of halogens is 1. The largest absolute Gasteiger partial charge is 0.371 e. The summed E-state index contributed by atoms with van der Waals surface area (Å²) in [6.07, 6.45) is 5.19. The number of hydrogen-bond acceptors (Lipinski definition) is 3. The molecule has 2 fully saturated rings. The molecule has 1 N–H and O–H groups in total. The Morgan fingerprint density at radius 3 is 2.33 bits per heavy atom. The minimum Gasteiger partial charge on any atom is -0.371 e. The summed E-state index contributed by atoms with van der Waals surface area (Å²) in [5.41, 5.74) is 1.72. The van der Waals surface area contributed by atoms with Gasteiger partial charge in [0, 0.05) is 32.9 Å². The number of anilines is 1. The highest BCUT2D eigenvalue weighted by Crippen LogP contribution is 2.33. The van der Waals surface area contributed by atoms with Crippen LogP contribution in [0.4, 0.5) is 5.69 Å². The summed E-state index contributed by atoms with van der Waals surface area (Å²) >= 11 is 6.36. The third-order valence-corrected chi connectivity index (χ3v) is 5.86. The van der Waals surface area contributed by atoms with Crippen LogP contribution in [0.5, 0.6) is 0 Å². The van der Waals surface area contributed by atoms with Crippen LogP contribution in [0.15, 0.2) is 18.2 Å². The summed E-state index contributed by atoms with van der Waals surface area (Å²) in [6.45, 7) is 4.54. The van der Waals surface area contributed by atoms with Crippen molar-refractivity contribution in [2.45, 2.75) is 25.7 Å². The zero-order valence-corrected chi connectivity index (χ0v) is 15.5. The van der Waals surface area contributed by atoms with Crippen molar-refractivity contribution in [3.63, 3.8) is 0 Å². The normalized spacial score (nSPS) is 20.2. The number of rotatable bonds is 3. The summed E-state index contributed by atoms with van der Waals surface area (Å²) in [6, 6.07) is 5.84. The first-order chi connectivity index (χ1) is 11.6. The van der Waals surface area contributed by atoms with E-state index in [-0.39, 0.29) is 5.91 Å². The number of nitrogens with one attached hydrogen (secondary N) is 1. The lowest BCUT2D eigenvalue weighted by Gasteiger charge is -2.38. The first-order valence-corrected chi connectivity index (χ1v) is 9.41. The van der Waals surface area contributed by atoms with Gasteiger partial charge in [0.2, 0.25) is 0 Å². The van der Waals surface area contributed by atoms with Crippen LogP contribution in [0, 0.1) is 11.8 Å². The Bertz CT molecular complexity index is 576. The second-order valence-electron chi connectivity index (χ2n) is 7.28. The number of hydrogen-bond donors (Lipinski definition) is 1. The van der Waals surface area contributed by atoms with Gasteiger partial charge < -0.3 is 15.1 Å². The summed E-state index contributed by atoms with van der Waals surface area (Å²) in [5, 5.41) is 4.01. The van der Waals surface area contributed by atoms with Gasteiger partial charge in [-0.1, -0.05) is 11.6 Å². The highest BCUT2D eigenvalue weighted by atomic mass is 35.5. The average Bonchev–Trinajstić information content (AvgIpc) is 2.62. The molecule has 2 saturated heterocycles. The van der Waals surface area contributed by atoms with Gasteiger partial charge in [-0.15, -0.1) is 0 Å². The Balaban J connectivity index is 1.62. The lowest BCUT2D eigenvalue weighted by atomic mass is 9.79. The number of carbonyl (C=O) groups is 1. The van der Waals surface area contributed by atoms with Gasteiger partial charge >= 0.3 is 0 Å². The molecular formula is C19H28ClN3O. The molecule has 0 unspecified atom stereocenters. The smallest absolute Gasteiger partial charge is 0.254 e. The maximum atomic E-state index is 12.1. The fraction of sp³-hybridized carbons (Fsp3) is 0.632. The molecule has 4 nitrogen and oxygen atoms in total.